The van der Waals surface area contributed by atoms with Gasteiger partial charge in [-0.2, -0.15) is 5.10 Å². The van der Waals surface area contributed by atoms with Gasteiger partial charge in [0.2, 0.25) is 0 Å². The summed E-state index contributed by atoms with van der Waals surface area (Å²) in [6.45, 7) is 9.20. The number of hydrogen-bond acceptors (Lipinski definition) is 1. The molecule has 0 aliphatic carbocycles. The normalized spacial score (nSPS) is 10.0. The first kappa shape index (κ1) is 9.04. The minimum absolute atomic E-state index is 0.891. The van der Waals surface area contributed by atoms with Gasteiger partial charge in [-0.15, -0.1) is 0 Å². The summed E-state index contributed by atoms with van der Waals surface area (Å²) < 4.78 is 2.02. The molecule has 2 heteroatoms. The van der Waals surface area contributed by atoms with Crippen molar-refractivity contribution in [2.45, 2.75) is 34.2 Å². The van der Waals surface area contributed by atoms with E-state index in [4.69, 9.17) is 0 Å². The zero-order valence-electron chi connectivity index (χ0n) is 8.26. The standard InChI is InChI=1S/C10H16N2/c1-8(2)5-6-12-10(4)7-9(3)11-12/h5,7H,6H2,1-4H3. The zero-order chi connectivity index (χ0) is 9.14. The molecule has 0 saturated heterocycles. The Kier molecular flexibility index (Phi) is 2.69. The number of aryl methyl sites for hydroxylation is 2. The molecule has 0 fully saturated rings. The Morgan fingerprint density at radius 2 is 2.17 bits per heavy atom. The van der Waals surface area contributed by atoms with Gasteiger partial charge in [-0.25, -0.2) is 0 Å². The minimum Gasteiger partial charge on any atom is -0.266 e. The van der Waals surface area contributed by atoms with Crippen LogP contribution in [0.5, 0.6) is 0 Å². The van der Waals surface area contributed by atoms with Crippen molar-refractivity contribution in [1.29, 1.82) is 0 Å². The van der Waals surface area contributed by atoms with Crippen LogP contribution in [-0.4, -0.2) is 9.78 Å². The molecule has 0 unspecified atom stereocenters. The molecule has 66 valence electrons. The van der Waals surface area contributed by atoms with Gasteiger partial charge in [0, 0.05) is 5.69 Å². The summed E-state index contributed by atoms with van der Waals surface area (Å²) in [4.78, 5) is 0. The van der Waals surface area contributed by atoms with Gasteiger partial charge in [0.1, 0.15) is 0 Å². The average molecular weight is 164 g/mol. The SMILES string of the molecule is CC(C)=CCn1nc(C)cc1C. The highest BCUT2D eigenvalue weighted by Gasteiger charge is 1.97. The van der Waals surface area contributed by atoms with Gasteiger partial charge in [0.15, 0.2) is 0 Å². The summed E-state index contributed by atoms with van der Waals surface area (Å²) in [5.74, 6) is 0. The summed E-state index contributed by atoms with van der Waals surface area (Å²) in [5.41, 5.74) is 3.65. The summed E-state index contributed by atoms with van der Waals surface area (Å²) >= 11 is 0. The Morgan fingerprint density at radius 1 is 1.50 bits per heavy atom. The minimum atomic E-state index is 0.891. The average Bonchev–Trinajstić information content (AvgIpc) is 2.26. The number of rotatable bonds is 2. The largest absolute Gasteiger partial charge is 0.266 e. The number of aromatic nitrogens is 2. The van der Waals surface area contributed by atoms with Gasteiger partial charge in [-0.3, -0.25) is 4.68 Å². The first-order chi connectivity index (χ1) is 5.59. The van der Waals surface area contributed by atoms with E-state index in [1.807, 2.05) is 11.6 Å². The van der Waals surface area contributed by atoms with Crippen LogP contribution in [0.2, 0.25) is 0 Å². The first-order valence-electron chi connectivity index (χ1n) is 4.24. The quantitative estimate of drug-likeness (QED) is 0.614. The monoisotopic (exact) mass is 164 g/mol. The van der Waals surface area contributed by atoms with Crippen molar-refractivity contribution in [3.05, 3.63) is 29.1 Å². The molecule has 1 rings (SSSR count). The Bertz CT molecular complexity index is 291. The molecule has 0 radical (unpaired) electrons. The van der Waals surface area contributed by atoms with E-state index in [2.05, 4.69) is 38.0 Å². The highest BCUT2D eigenvalue weighted by Crippen LogP contribution is 2.02. The molecule has 0 aromatic carbocycles. The topological polar surface area (TPSA) is 17.8 Å². The Labute approximate surface area is 73.9 Å². The lowest BCUT2D eigenvalue weighted by atomic mass is 10.3. The van der Waals surface area contributed by atoms with E-state index >= 15 is 0 Å². The van der Waals surface area contributed by atoms with Crippen molar-refractivity contribution in [1.82, 2.24) is 9.78 Å². The van der Waals surface area contributed by atoms with E-state index < -0.39 is 0 Å². The second-order valence-electron chi connectivity index (χ2n) is 3.39. The van der Waals surface area contributed by atoms with Crippen molar-refractivity contribution < 1.29 is 0 Å². The first-order valence-corrected chi connectivity index (χ1v) is 4.24. The van der Waals surface area contributed by atoms with Crippen LogP contribution >= 0.6 is 0 Å². The van der Waals surface area contributed by atoms with Gasteiger partial charge in [0.25, 0.3) is 0 Å². The van der Waals surface area contributed by atoms with Crippen molar-refractivity contribution in [3.63, 3.8) is 0 Å². The smallest absolute Gasteiger partial charge is 0.0596 e. The maximum absolute atomic E-state index is 4.35. The molecule has 0 saturated carbocycles. The van der Waals surface area contributed by atoms with Crippen LogP contribution in [0.1, 0.15) is 25.2 Å². The molecule has 1 aromatic rings. The second-order valence-corrected chi connectivity index (χ2v) is 3.39. The number of nitrogens with zero attached hydrogens (tertiary/aromatic N) is 2. The molecule has 1 heterocycles. The molecule has 0 aliphatic rings. The molecule has 0 aliphatic heterocycles. The van der Waals surface area contributed by atoms with Crippen LogP contribution in [0.3, 0.4) is 0 Å². The van der Waals surface area contributed by atoms with E-state index in [0.717, 1.165) is 12.2 Å². The van der Waals surface area contributed by atoms with E-state index in [0.29, 0.717) is 0 Å². The van der Waals surface area contributed by atoms with E-state index in [-0.39, 0.29) is 0 Å². The summed E-state index contributed by atoms with van der Waals surface area (Å²) in [5, 5.41) is 4.35. The van der Waals surface area contributed by atoms with Gasteiger partial charge in [0.05, 0.1) is 12.2 Å². The summed E-state index contributed by atoms with van der Waals surface area (Å²) in [7, 11) is 0. The van der Waals surface area contributed by atoms with E-state index in [1.165, 1.54) is 11.3 Å². The number of hydrogen-bond donors (Lipinski definition) is 0. The Morgan fingerprint density at radius 3 is 2.58 bits per heavy atom. The summed E-state index contributed by atoms with van der Waals surface area (Å²) in [6.07, 6.45) is 2.18. The maximum atomic E-state index is 4.35. The maximum Gasteiger partial charge on any atom is 0.0596 e. The molecule has 0 spiro atoms. The van der Waals surface area contributed by atoms with Crippen LogP contribution in [-0.2, 0) is 6.54 Å². The van der Waals surface area contributed by atoms with Crippen molar-refractivity contribution in [3.8, 4) is 0 Å². The zero-order valence-corrected chi connectivity index (χ0v) is 8.26. The molecule has 0 amide bonds. The summed E-state index contributed by atoms with van der Waals surface area (Å²) in [6, 6.07) is 2.10. The fourth-order valence-electron chi connectivity index (χ4n) is 1.13. The van der Waals surface area contributed by atoms with Crippen LogP contribution in [0.15, 0.2) is 17.7 Å². The lowest BCUT2D eigenvalue weighted by molar-refractivity contribution is 0.669. The molecular formula is C10H16N2. The van der Waals surface area contributed by atoms with Crippen LogP contribution in [0.25, 0.3) is 0 Å². The highest BCUT2D eigenvalue weighted by molar-refractivity contribution is 5.07. The van der Waals surface area contributed by atoms with Crippen molar-refractivity contribution in [2.75, 3.05) is 0 Å². The lowest BCUT2D eigenvalue weighted by Gasteiger charge is -1.99. The van der Waals surface area contributed by atoms with Gasteiger partial charge >= 0.3 is 0 Å². The molecule has 12 heavy (non-hydrogen) atoms. The van der Waals surface area contributed by atoms with Crippen molar-refractivity contribution >= 4 is 0 Å². The third-order valence-corrected chi connectivity index (χ3v) is 1.78. The van der Waals surface area contributed by atoms with E-state index in [1.54, 1.807) is 0 Å². The van der Waals surface area contributed by atoms with Crippen LogP contribution < -0.4 is 0 Å². The second kappa shape index (κ2) is 3.57. The fourth-order valence-corrected chi connectivity index (χ4v) is 1.13. The molecular weight excluding hydrogens is 148 g/mol. The predicted octanol–water partition coefficient (Wildman–Crippen LogP) is 2.47. The predicted molar refractivity (Wildman–Crippen MR) is 51.1 cm³/mol. The number of allylic oxidation sites excluding steroid dienone is 2. The third-order valence-electron chi connectivity index (χ3n) is 1.78. The van der Waals surface area contributed by atoms with Crippen LogP contribution in [0.4, 0.5) is 0 Å². The molecule has 1 aromatic heterocycles. The third kappa shape index (κ3) is 2.22. The lowest BCUT2D eigenvalue weighted by Crippen LogP contribution is -2.00. The molecule has 0 N–H and O–H groups in total. The molecule has 2 nitrogen and oxygen atoms in total. The Hall–Kier alpha value is -1.05. The fraction of sp³-hybridized carbons (Fsp3) is 0.500. The van der Waals surface area contributed by atoms with Gasteiger partial charge < -0.3 is 0 Å². The molecule has 0 bridgehead atoms. The van der Waals surface area contributed by atoms with Gasteiger partial charge in [-0.05, 0) is 33.8 Å². The van der Waals surface area contributed by atoms with Gasteiger partial charge in [-0.1, -0.05) is 11.6 Å². The van der Waals surface area contributed by atoms with E-state index in [9.17, 15) is 0 Å². The molecule has 0 atom stereocenters. The Balaban J connectivity index is 2.75. The van der Waals surface area contributed by atoms with Crippen LogP contribution in [0, 0.1) is 13.8 Å². The highest BCUT2D eigenvalue weighted by atomic mass is 15.3. The van der Waals surface area contributed by atoms with Crippen molar-refractivity contribution in [2.24, 2.45) is 0 Å².